The Morgan fingerprint density at radius 3 is 2.25 bits per heavy atom. The van der Waals surface area contributed by atoms with Gasteiger partial charge in [0.15, 0.2) is 11.6 Å². The van der Waals surface area contributed by atoms with Crippen molar-refractivity contribution in [1.29, 1.82) is 0 Å². The van der Waals surface area contributed by atoms with Crippen LogP contribution in [0, 0.1) is 23.4 Å². The maximum absolute atomic E-state index is 14.7. The number of rotatable bonds is 9. The van der Waals surface area contributed by atoms with E-state index < -0.39 is 35.2 Å². The lowest BCUT2D eigenvalue weighted by Crippen LogP contribution is -2.22. The first-order valence-electron chi connectivity index (χ1n) is 11.5. The van der Waals surface area contributed by atoms with E-state index in [2.05, 4.69) is 6.92 Å². The van der Waals surface area contributed by atoms with Gasteiger partial charge in [-0.2, -0.15) is 8.78 Å². The Morgan fingerprint density at radius 1 is 0.906 bits per heavy atom. The molecule has 6 heteroatoms. The van der Waals surface area contributed by atoms with E-state index in [-0.39, 0.29) is 11.5 Å². The standard InChI is InChI=1S/C26H31F5O/c1-3-4-5-6-18-7-9-19(10-8-18)21-11-13-22(24(28)16-21)26(30,31)32-17(2)20-12-14-23(27)25(29)15-20/h11-19H,3-10H2,1-2H3. The van der Waals surface area contributed by atoms with Gasteiger partial charge in [-0.15, -0.1) is 0 Å². The van der Waals surface area contributed by atoms with Gasteiger partial charge in [0.25, 0.3) is 0 Å². The Balaban J connectivity index is 1.64. The summed E-state index contributed by atoms with van der Waals surface area (Å²) in [6, 6.07) is 6.63. The zero-order chi connectivity index (χ0) is 23.3. The van der Waals surface area contributed by atoms with Gasteiger partial charge in [-0.1, -0.05) is 44.7 Å². The minimum absolute atomic E-state index is 0.0382. The lowest BCUT2D eigenvalue weighted by Gasteiger charge is -2.29. The first-order valence-corrected chi connectivity index (χ1v) is 11.5. The first kappa shape index (κ1) is 24.7. The van der Waals surface area contributed by atoms with Gasteiger partial charge in [0.05, 0.1) is 11.7 Å². The normalized spacial score (nSPS) is 20.3. The van der Waals surface area contributed by atoms with Crippen LogP contribution in [0.3, 0.4) is 0 Å². The molecule has 2 aromatic carbocycles. The molecule has 1 nitrogen and oxygen atoms in total. The number of halogens is 5. The fourth-order valence-electron chi connectivity index (χ4n) is 4.61. The smallest absolute Gasteiger partial charge is 0.309 e. The van der Waals surface area contributed by atoms with Crippen LogP contribution in [0.5, 0.6) is 0 Å². The largest absolute Gasteiger partial charge is 0.386 e. The lowest BCUT2D eigenvalue weighted by molar-refractivity contribution is -0.273. The summed E-state index contributed by atoms with van der Waals surface area (Å²) in [5.74, 6) is -2.37. The predicted molar refractivity (Wildman–Crippen MR) is 115 cm³/mol. The highest BCUT2D eigenvalue weighted by molar-refractivity contribution is 5.29. The maximum Gasteiger partial charge on any atom is 0.386 e. The Bertz CT molecular complexity index is 890. The van der Waals surface area contributed by atoms with Crippen molar-refractivity contribution < 1.29 is 26.7 Å². The Labute approximate surface area is 187 Å². The third kappa shape index (κ3) is 6.09. The average Bonchev–Trinajstić information content (AvgIpc) is 2.75. The minimum Gasteiger partial charge on any atom is -0.309 e. The van der Waals surface area contributed by atoms with Gasteiger partial charge in [-0.3, -0.25) is 0 Å². The van der Waals surface area contributed by atoms with Gasteiger partial charge in [0.1, 0.15) is 5.82 Å². The summed E-state index contributed by atoms with van der Waals surface area (Å²) in [6.07, 6.45) is 3.80. The van der Waals surface area contributed by atoms with Crippen molar-refractivity contribution >= 4 is 0 Å². The van der Waals surface area contributed by atoms with E-state index in [0.29, 0.717) is 5.92 Å². The fourth-order valence-corrected chi connectivity index (χ4v) is 4.61. The summed E-state index contributed by atoms with van der Waals surface area (Å²) in [7, 11) is 0. The molecule has 1 unspecified atom stereocenters. The van der Waals surface area contributed by atoms with Crippen LogP contribution in [-0.4, -0.2) is 0 Å². The van der Waals surface area contributed by atoms with Gasteiger partial charge in [0.2, 0.25) is 0 Å². The molecule has 3 rings (SSSR count). The molecular formula is C26H31F5O. The van der Waals surface area contributed by atoms with E-state index in [9.17, 15) is 22.0 Å². The number of ether oxygens (including phenoxy) is 1. The van der Waals surface area contributed by atoms with Crippen molar-refractivity contribution in [1.82, 2.24) is 0 Å². The van der Waals surface area contributed by atoms with Crippen LogP contribution in [0.1, 0.15) is 93.9 Å². The van der Waals surface area contributed by atoms with Crippen molar-refractivity contribution in [3.8, 4) is 0 Å². The average molecular weight is 455 g/mol. The lowest BCUT2D eigenvalue weighted by atomic mass is 9.77. The zero-order valence-corrected chi connectivity index (χ0v) is 18.7. The summed E-state index contributed by atoms with van der Waals surface area (Å²) < 4.78 is 75.3. The van der Waals surface area contributed by atoms with E-state index in [1.807, 2.05) is 0 Å². The molecule has 2 aromatic rings. The van der Waals surface area contributed by atoms with Gasteiger partial charge < -0.3 is 4.74 Å². The summed E-state index contributed by atoms with van der Waals surface area (Å²) in [5, 5.41) is 0. The van der Waals surface area contributed by atoms with Crippen molar-refractivity contribution in [2.45, 2.75) is 83.3 Å². The SMILES string of the molecule is CCCCCC1CCC(c2ccc(C(F)(F)OC(C)c3ccc(F)c(F)c3)c(F)c2)CC1. The number of alkyl halides is 2. The molecule has 176 valence electrons. The second kappa shape index (κ2) is 10.8. The Hall–Kier alpha value is -1.95. The quantitative estimate of drug-likeness (QED) is 0.272. The van der Waals surface area contributed by atoms with E-state index in [1.165, 1.54) is 38.7 Å². The minimum atomic E-state index is -3.91. The molecule has 0 N–H and O–H groups in total. The molecule has 0 amide bonds. The van der Waals surface area contributed by atoms with Crippen LogP contribution in [0.4, 0.5) is 22.0 Å². The summed E-state index contributed by atoms with van der Waals surface area (Å²) >= 11 is 0. The van der Waals surface area contributed by atoms with Crippen LogP contribution in [0.2, 0.25) is 0 Å². The third-order valence-corrected chi connectivity index (χ3v) is 6.58. The van der Waals surface area contributed by atoms with Gasteiger partial charge >= 0.3 is 6.11 Å². The molecule has 32 heavy (non-hydrogen) atoms. The van der Waals surface area contributed by atoms with Crippen LogP contribution >= 0.6 is 0 Å². The molecule has 1 saturated carbocycles. The highest BCUT2D eigenvalue weighted by Gasteiger charge is 2.38. The van der Waals surface area contributed by atoms with E-state index in [1.54, 1.807) is 6.07 Å². The summed E-state index contributed by atoms with van der Waals surface area (Å²) in [4.78, 5) is 0. The van der Waals surface area contributed by atoms with Gasteiger partial charge in [-0.25, -0.2) is 13.2 Å². The molecule has 0 radical (unpaired) electrons. The number of unbranched alkanes of at least 4 members (excludes halogenated alkanes) is 2. The van der Waals surface area contributed by atoms with Crippen LogP contribution in [0.25, 0.3) is 0 Å². The third-order valence-electron chi connectivity index (χ3n) is 6.58. The van der Waals surface area contributed by atoms with E-state index >= 15 is 0 Å². The zero-order valence-electron chi connectivity index (χ0n) is 18.7. The summed E-state index contributed by atoms with van der Waals surface area (Å²) in [5.41, 5.74) is -0.0806. The Morgan fingerprint density at radius 2 is 1.62 bits per heavy atom. The highest BCUT2D eigenvalue weighted by atomic mass is 19.3. The first-order chi connectivity index (χ1) is 15.2. The molecule has 0 spiro atoms. The molecule has 0 heterocycles. The molecule has 0 aliphatic heterocycles. The molecular weight excluding hydrogens is 423 g/mol. The number of benzene rings is 2. The van der Waals surface area contributed by atoms with Crippen molar-refractivity contribution in [2.75, 3.05) is 0 Å². The number of hydrogen-bond donors (Lipinski definition) is 0. The van der Waals surface area contributed by atoms with E-state index in [4.69, 9.17) is 4.74 Å². The number of hydrogen-bond acceptors (Lipinski definition) is 1. The maximum atomic E-state index is 14.7. The fraction of sp³-hybridized carbons (Fsp3) is 0.538. The molecule has 0 bridgehead atoms. The van der Waals surface area contributed by atoms with Gasteiger partial charge in [0, 0.05) is 0 Å². The highest BCUT2D eigenvalue weighted by Crippen LogP contribution is 2.41. The molecule has 1 aliphatic rings. The monoisotopic (exact) mass is 454 g/mol. The van der Waals surface area contributed by atoms with Crippen molar-refractivity contribution in [2.24, 2.45) is 5.92 Å². The molecule has 0 saturated heterocycles. The van der Waals surface area contributed by atoms with E-state index in [0.717, 1.165) is 55.5 Å². The topological polar surface area (TPSA) is 9.23 Å². The summed E-state index contributed by atoms with van der Waals surface area (Å²) in [6.45, 7) is 3.47. The Kier molecular flexibility index (Phi) is 8.32. The second-order valence-corrected chi connectivity index (χ2v) is 8.90. The van der Waals surface area contributed by atoms with Crippen LogP contribution in [0.15, 0.2) is 36.4 Å². The second-order valence-electron chi connectivity index (χ2n) is 8.90. The predicted octanol–water partition coefficient (Wildman–Crippen LogP) is 8.79. The van der Waals surface area contributed by atoms with Crippen molar-refractivity contribution in [3.63, 3.8) is 0 Å². The molecule has 1 aliphatic carbocycles. The van der Waals surface area contributed by atoms with Crippen LogP contribution < -0.4 is 0 Å². The van der Waals surface area contributed by atoms with Gasteiger partial charge in [-0.05, 0) is 79.8 Å². The molecule has 1 atom stereocenters. The van der Waals surface area contributed by atoms with Crippen LogP contribution in [-0.2, 0) is 10.8 Å². The molecule has 1 fully saturated rings. The molecule has 0 aromatic heterocycles. The van der Waals surface area contributed by atoms with Crippen molar-refractivity contribution in [3.05, 3.63) is 70.5 Å².